The molecule has 7 nitrogen and oxygen atoms in total. The molecule has 0 aromatic carbocycles. The minimum Gasteiger partial charge on any atom is -0.392 e. The maximum atomic E-state index is 11.9. The zero-order chi connectivity index (χ0) is 15.3. The Morgan fingerprint density at radius 2 is 2.38 bits per heavy atom. The van der Waals surface area contributed by atoms with E-state index in [0.29, 0.717) is 13.1 Å². The van der Waals surface area contributed by atoms with Crippen molar-refractivity contribution in [2.24, 2.45) is 5.41 Å². The van der Waals surface area contributed by atoms with Crippen molar-refractivity contribution in [2.45, 2.75) is 58.2 Å². The van der Waals surface area contributed by atoms with Gasteiger partial charge in [0.2, 0.25) is 0 Å². The number of aromatic nitrogens is 3. The average Bonchev–Trinajstić information content (AvgIpc) is 2.93. The molecular weight excluding hydrogens is 270 g/mol. The van der Waals surface area contributed by atoms with Gasteiger partial charge in [0.05, 0.1) is 12.6 Å². The minimum atomic E-state index is -0.334. The van der Waals surface area contributed by atoms with E-state index in [0.717, 1.165) is 25.7 Å². The molecule has 21 heavy (non-hydrogen) atoms. The minimum absolute atomic E-state index is 0.0456. The topological polar surface area (TPSA) is 92.1 Å². The lowest BCUT2D eigenvalue weighted by Crippen LogP contribution is -2.49. The van der Waals surface area contributed by atoms with E-state index in [1.807, 2.05) is 13.8 Å². The molecule has 0 aliphatic heterocycles. The van der Waals surface area contributed by atoms with Crippen LogP contribution in [0, 0.1) is 5.41 Å². The summed E-state index contributed by atoms with van der Waals surface area (Å²) in [5.41, 5.74) is -0.218. The molecule has 1 aromatic rings. The number of urea groups is 1. The number of nitrogens with zero attached hydrogens (tertiary/aromatic N) is 3. The third-order valence-electron chi connectivity index (χ3n) is 4.24. The lowest BCUT2D eigenvalue weighted by atomic mass is 9.73. The third kappa shape index (κ3) is 4.42. The Hall–Kier alpha value is -1.63. The number of hydrogen-bond donors (Lipinski definition) is 3. The van der Waals surface area contributed by atoms with E-state index in [1.165, 1.54) is 6.33 Å². The number of aliphatic hydroxyl groups excluding tert-OH is 1. The summed E-state index contributed by atoms with van der Waals surface area (Å²) in [6.07, 6.45) is 6.70. The normalized spacial score (nSPS) is 27.1. The first kappa shape index (κ1) is 15.8. The largest absolute Gasteiger partial charge is 0.392 e. The smallest absolute Gasteiger partial charge is 0.315 e. The van der Waals surface area contributed by atoms with Crippen molar-refractivity contribution in [1.29, 1.82) is 0 Å². The van der Waals surface area contributed by atoms with Crippen molar-refractivity contribution < 1.29 is 9.90 Å². The van der Waals surface area contributed by atoms with Crippen LogP contribution < -0.4 is 10.6 Å². The maximum absolute atomic E-state index is 11.9. The van der Waals surface area contributed by atoms with Crippen molar-refractivity contribution >= 4 is 6.03 Å². The number of hydrogen-bond acceptors (Lipinski definition) is 4. The molecule has 0 radical (unpaired) electrons. The first-order valence-corrected chi connectivity index (χ1v) is 7.54. The fourth-order valence-corrected chi connectivity index (χ4v) is 2.80. The Morgan fingerprint density at radius 3 is 3.05 bits per heavy atom. The first-order chi connectivity index (χ1) is 9.99. The summed E-state index contributed by atoms with van der Waals surface area (Å²) < 4.78 is 1.68. The molecule has 118 valence electrons. The third-order valence-corrected chi connectivity index (χ3v) is 4.24. The first-order valence-electron chi connectivity index (χ1n) is 7.54. The van der Waals surface area contributed by atoms with Crippen LogP contribution in [0.3, 0.4) is 0 Å². The van der Waals surface area contributed by atoms with Gasteiger partial charge in [0.1, 0.15) is 12.7 Å². The summed E-state index contributed by atoms with van der Waals surface area (Å²) in [6, 6.07) is -0.252. The average molecular weight is 295 g/mol. The molecular formula is C14H25N5O2. The predicted octanol–water partition coefficient (Wildman–Crippen LogP) is 0.907. The van der Waals surface area contributed by atoms with Gasteiger partial charge in [-0.1, -0.05) is 19.8 Å². The van der Waals surface area contributed by atoms with Gasteiger partial charge in [0, 0.05) is 18.0 Å². The Bertz CT molecular complexity index is 450. The highest BCUT2D eigenvalue weighted by Gasteiger charge is 2.35. The van der Waals surface area contributed by atoms with E-state index in [9.17, 15) is 9.90 Å². The van der Waals surface area contributed by atoms with Gasteiger partial charge in [-0.15, -0.1) is 0 Å². The van der Waals surface area contributed by atoms with Gasteiger partial charge >= 0.3 is 6.03 Å². The Kier molecular flexibility index (Phi) is 5.17. The maximum Gasteiger partial charge on any atom is 0.315 e. The summed E-state index contributed by atoms with van der Waals surface area (Å²) in [5.74, 6) is 0. The second kappa shape index (κ2) is 6.89. The standard InChI is InChI=1S/C14H25N5O2/c1-11(7-19-10-15-9-17-19)18-13(21)16-8-14(2)6-4-3-5-12(14)20/h9-12,20H,3-8H2,1-2H3,(H2,16,18,21). The Labute approximate surface area is 125 Å². The molecule has 1 aliphatic carbocycles. The van der Waals surface area contributed by atoms with Crippen molar-refractivity contribution in [3.8, 4) is 0 Å². The monoisotopic (exact) mass is 295 g/mol. The summed E-state index contributed by atoms with van der Waals surface area (Å²) >= 11 is 0. The van der Waals surface area contributed by atoms with Crippen molar-refractivity contribution in [1.82, 2.24) is 25.4 Å². The number of carbonyl (C=O) groups is 1. The summed E-state index contributed by atoms with van der Waals surface area (Å²) in [7, 11) is 0. The van der Waals surface area contributed by atoms with E-state index in [4.69, 9.17) is 0 Å². The molecule has 1 fully saturated rings. The van der Waals surface area contributed by atoms with Gasteiger partial charge in [0.25, 0.3) is 0 Å². The van der Waals surface area contributed by atoms with Crippen LogP contribution in [0.1, 0.15) is 39.5 Å². The van der Waals surface area contributed by atoms with E-state index < -0.39 is 0 Å². The van der Waals surface area contributed by atoms with Crippen LogP contribution in [0.15, 0.2) is 12.7 Å². The number of carbonyl (C=O) groups excluding carboxylic acids is 1. The SMILES string of the molecule is CC(Cn1cncn1)NC(=O)NCC1(C)CCCCC1O. The van der Waals surface area contributed by atoms with Crippen LogP contribution in [0.5, 0.6) is 0 Å². The zero-order valence-corrected chi connectivity index (χ0v) is 12.7. The zero-order valence-electron chi connectivity index (χ0n) is 12.7. The molecule has 3 atom stereocenters. The summed E-state index contributed by atoms with van der Waals surface area (Å²) in [6.45, 7) is 5.03. The number of amides is 2. The number of nitrogens with one attached hydrogen (secondary N) is 2. The van der Waals surface area contributed by atoms with E-state index in [2.05, 4.69) is 20.7 Å². The highest BCUT2D eigenvalue weighted by molar-refractivity contribution is 5.74. The molecule has 0 saturated heterocycles. The van der Waals surface area contributed by atoms with Crippen molar-refractivity contribution in [3.63, 3.8) is 0 Å². The molecule has 7 heteroatoms. The number of rotatable bonds is 5. The van der Waals surface area contributed by atoms with Gasteiger partial charge in [0.15, 0.2) is 0 Å². The predicted molar refractivity (Wildman–Crippen MR) is 78.6 cm³/mol. The van der Waals surface area contributed by atoms with Crippen LogP contribution in [0.2, 0.25) is 0 Å². The van der Waals surface area contributed by atoms with Gasteiger partial charge in [-0.3, -0.25) is 4.68 Å². The second-order valence-electron chi connectivity index (χ2n) is 6.26. The van der Waals surface area contributed by atoms with Crippen LogP contribution in [0.4, 0.5) is 4.79 Å². The molecule has 1 heterocycles. The van der Waals surface area contributed by atoms with E-state index >= 15 is 0 Å². The molecule has 2 amide bonds. The highest BCUT2D eigenvalue weighted by Crippen LogP contribution is 2.35. The molecule has 3 unspecified atom stereocenters. The second-order valence-corrected chi connectivity index (χ2v) is 6.26. The van der Waals surface area contributed by atoms with Gasteiger partial charge in [-0.25, -0.2) is 9.78 Å². The molecule has 1 saturated carbocycles. The molecule has 1 aromatic heterocycles. The van der Waals surface area contributed by atoms with Crippen LogP contribution >= 0.6 is 0 Å². The summed E-state index contributed by atoms with van der Waals surface area (Å²) in [5, 5.41) is 19.9. The van der Waals surface area contributed by atoms with E-state index in [1.54, 1.807) is 11.0 Å². The van der Waals surface area contributed by atoms with Crippen molar-refractivity contribution in [2.75, 3.05) is 6.54 Å². The Morgan fingerprint density at radius 1 is 1.57 bits per heavy atom. The molecule has 0 bridgehead atoms. The van der Waals surface area contributed by atoms with E-state index in [-0.39, 0.29) is 23.6 Å². The molecule has 2 rings (SSSR count). The lowest BCUT2D eigenvalue weighted by Gasteiger charge is -2.38. The lowest BCUT2D eigenvalue weighted by molar-refractivity contribution is 0.00305. The quantitative estimate of drug-likeness (QED) is 0.753. The fraction of sp³-hybridized carbons (Fsp3) is 0.786. The van der Waals surface area contributed by atoms with Gasteiger partial charge < -0.3 is 15.7 Å². The highest BCUT2D eigenvalue weighted by atomic mass is 16.3. The van der Waals surface area contributed by atoms with Gasteiger partial charge in [-0.05, 0) is 19.8 Å². The van der Waals surface area contributed by atoms with Crippen LogP contribution in [-0.2, 0) is 6.54 Å². The summed E-state index contributed by atoms with van der Waals surface area (Å²) in [4.78, 5) is 15.8. The van der Waals surface area contributed by atoms with Crippen LogP contribution in [-0.4, -0.2) is 44.6 Å². The van der Waals surface area contributed by atoms with Crippen molar-refractivity contribution in [3.05, 3.63) is 12.7 Å². The molecule has 0 spiro atoms. The number of aliphatic hydroxyl groups is 1. The van der Waals surface area contributed by atoms with Crippen LogP contribution in [0.25, 0.3) is 0 Å². The fourth-order valence-electron chi connectivity index (χ4n) is 2.80. The molecule has 1 aliphatic rings. The Balaban J connectivity index is 1.74. The van der Waals surface area contributed by atoms with Gasteiger partial charge in [-0.2, -0.15) is 5.10 Å². The molecule has 3 N–H and O–H groups in total.